The lowest BCUT2D eigenvalue weighted by Gasteiger charge is -2.28. The third kappa shape index (κ3) is 2.81. The molecule has 2 N–H and O–H groups in total. The predicted octanol–water partition coefficient (Wildman–Crippen LogP) is 1.77. The standard InChI is InChI=1S/C17H22N4O/c1-2-4-16-15(3-1)7-13(12-22-16)8-18-9-14-10-19-17-5-6-20-21(17)11-14/h1-6,13-14,18-19H,7-12H2. The number of hydrogen-bond donors (Lipinski definition) is 2. The van der Waals surface area contributed by atoms with Gasteiger partial charge in [0.1, 0.15) is 11.6 Å². The number of fused-ring (bicyclic) bond motifs is 2. The maximum Gasteiger partial charge on any atom is 0.124 e. The normalized spacial score (nSPS) is 23.1. The maximum atomic E-state index is 5.85. The van der Waals surface area contributed by atoms with Gasteiger partial charge in [0, 0.05) is 44.1 Å². The summed E-state index contributed by atoms with van der Waals surface area (Å²) in [7, 11) is 0. The van der Waals surface area contributed by atoms with Crippen LogP contribution in [0.2, 0.25) is 0 Å². The van der Waals surface area contributed by atoms with Crippen molar-refractivity contribution in [1.82, 2.24) is 15.1 Å². The molecule has 0 radical (unpaired) electrons. The fourth-order valence-corrected chi connectivity index (χ4v) is 3.34. The Morgan fingerprint density at radius 1 is 1.23 bits per heavy atom. The van der Waals surface area contributed by atoms with E-state index < -0.39 is 0 Å². The predicted molar refractivity (Wildman–Crippen MR) is 86.2 cm³/mol. The number of benzene rings is 1. The number of hydrogen-bond acceptors (Lipinski definition) is 4. The molecule has 4 rings (SSSR count). The van der Waals surface area contributed by atoms with E-state index in [9.17, 15) is 0 Å². The Morgan fingerprint density at radius 2 is 2.14 bits per heavy atom. The van der Waals surface area contributed by atoms with Crippen molar-refractivity contribution in [2.45, 2.75) is 13.0 Å². The second-order valence-electron chi connectivity index (χ2n) is 6.29. The minimum atomic E-state index is 0.562. The summed E-state index contributed by atoms with van der Waals surface area (Å²) in [6.07, 6.45) is 2.96. The summed E-state index contributed by atoms with van der Waals surface area (Å²) in [5, 5.41) is 11.4. The average molecular weight is 298 g/mol. The van der Waals surface area contributed by atoms with E-state index in [4.69, 9.17) is 4.74 Å². The van der Waals surface area contributed by atoms with Gasteiger partial charge in [-0.3, -0.25) is 0 Å². The van der Waals surface area contributed by atoms with Crippen LogP contribution < -0.4 is 15.4 Å². The fraction of sp³-hybridized carbons (Fsp3) is 0.471. The molecule has 116 valence electrons. The van der Waals surface area contributed by atoms with Crippen LogP contribution in [0.25, 0.3) is 0 Å². The van der Waals surface area contributed by atoms with Crippen LogP contribution in [-0.2, 0) is 13.0 Å². The molecule has 5 heteroatoms. The molecule has 2 aliphatic heterocycles. The molecular weight excluding hydrogens is 276 g/mol. The van der Waals surface area contributed by atoms with Gasteiger partial charge in [-0.25, -0.2) is 4.68 Å². The largest absolute Gasteiger partial charge is 0.493 e. The Morgan fingerprint density at radius 3 is 3.14 bits per heavy atom. The zero-order valence-corrected chi connectivity index (χ0v) is 12.7. The summed E-state index contributed by atoms with van der Waals surface area (Å²) in [6, 6.07) is 10.4. The van der Waals surface area contributed by atoms with E-state index in [0.717, 1.165) is 50.8 Å². The van der Waals surface area contributed by atoms with Gasteiger partial charge in [-0.2, -0.15) is 5.10 Å². The van der Waals surface area contributed by atoms with Gasteiger partial charge in [0.15, 0.2) is 0 Å². The molecule has 2 aliphatic rings. The summed E-state index contributed by atoms with van der Waals surface area (Å²) in [5.41, 5.74) is 1.33. The van der Waals surface area contributed by atoms with Crippen LogP contribution in [0.4, 0.5) is 5.82 Å². The van der Waals surface area contributed by atoms with E-state index in [-0.39, 0.29) is 0 Å². The van der Waals surface area contributed by atoms with Crippen molar-refractivity contribution < 1.29 is 4.74 Å². The lowest BCUT2D eigenvalue weighted by molar-refractivity contribution is 0.215. The highest BCUT2D eigenvalue weighted by atomic mass is 16.5. The van der Waals surface area contributed by atoms with Crippen LogP contribution in [0, 0.1) is 11.8 Å². The Hall–Kier alpha value is -2.01. The second-order valence-corrected chi connectivity index (χ2v) is 6.29. The summed E-state index contributed by atoms with van der Waals surface area (Å²) in [6.45, 7) is 4.85. The molecule has 2 aromatic rings. The first-order chi connectivity index (χ1) is 10.9. The topological polar surface area (TPSA) is 51.1 Å². The SMILES string of the molecule is c1ccc2c(c1)CC(CNCC1CNc3ccnn3C1)CO2. The van der Waals surface area contributed by atoms with Crippen molar-refractivity contribution in [1.29, 1.82) is 0 Å². The highest BCUT2D eigenvalue weighted by Crippen LogP contribution is 2.26. The first-order valence-corrected chi connectivity index (χ1v) is 8.05. The summed E-state index contributed by atoms with van der Waals surface area (Å²) in [5.74, 6) is 3.34. The molecule has 0 amide bonds. The van der Waals surface area contributed by atoms with Crippen molar-refractivity contribution in [3.8, 4) is 5.75 Å². The second kappa shape index (κ2) is 6.01. The number of nitrogens with zero attached hydrogens (tertiary/aromatic N) is 2. The van der Waals surface area contributed by atoms with E-state index >= 15 is 0 Å². The minimum absolute atomic E-state index is 0.562. The van der Waals surface area contributed by atoms with E-state index in [1.165, 1.54) is 5.56 Å². The number of para-hydroxylation sites is 1. The van der Waals surface area contributed by atoms with Gasteiger partial charge in [0.05, 0.1) is 12.8 Å². The molecule has 3 heterocycles. The van der Waals surface area contributed by atoms with Crippen molar-refractivity contribution in [3.63, 3.8) is 0 Å². The Balaban J connectivity index is 1.25. The van der Waals surface area contributed by atoms with Crippen LogP contribution in [0.1, 0.15) is 5.56 Å². The molecule has 1 aromatic carbocycles. The van der Waals surface area contributed by atoms with Gasteiger partial charge in [0.2, 0.25) is 0 Å². The van der Waals surface area contributed by atoms with Gasteiger partial charge in [0.25, 0.3) is 0 Å². The lowest BCUT2D eigenvalue weighted by Crippen LogP contribution is -2.38. The molecule has 0 aliphatic carbocycles. The third-order valence-corrected chi connectivity index (χ3v) is 4.54. The van der Waals surface area contributed by atoms with Crippen LogP contribution in [0.5, 0.6) is 5.75 Å². The zero-order chi connectivity index (χ0) is 14.8. The van der Waals surface area contributed by atoms with Gasteiger partial charge >= 0.3 is 0 Å². The van der Waals surface area contributed by atoms with E-state index in [0.29, 0.717) is 11.8 Å². The minimum Gasteiger partial charge on any atom is -0.493 e. The molecule has 5 nitrogen and oxygen atoms in total. The van der Waals surface area contributed by atoms with E-state index in [1.54, 1.807) is 0 Å². The van der Waals surface area contributed by atoms with Crippen LogP contribution >= 0.6 is 0 Å². The van der Waals surface area contributed by atoms with Gasteiger partial charge in [-0.15, -0.1) is 0 Å². The Labute approximate surface area is 130 Å². The number of anilines is 1. The van der Waals surface area contributed by atoms with Gasteiger partial charge in [-0.05, 0) is 18.1 Å². The molecule has 22 heavy (non-hydrogen) atoms. The summed E-state index contributed by atoms with van der Waals surface area (Å²) >= 11 is 0. The molecule has 0 saturated carbocycles. The summed E-state index contributed by atoms with van der Waals surface area (Å²) < 4.78 is 7.90. The van der Waals surface area contributed by atoms with Crippen molar-refractivity contribution in [3.05, 3.63) is 42.1 Å². The van der Waals surface area contributed by atoms with E-state index in [2.05, 4.69) is 38.6 Å². The molecule has 2 unspecified atom stereocenters. The first-order valence-electron chi connectivity index (χ1n) is 8.05. The highest BCUT2D eigenvalue weighted by molar-refractivity contribution is 5.36. The molecular formula is C17H22N4O. The molecule has 0 bridgehead atoms. The average Bonchev–Trinajstić information content (AvgIpc) is 3.02. The van der Waals surface area contributed by atoms with Crippen molar-refractivity contribution >= 4 is 5.82 Å². The number of nitrogens with one attached hydrogen (secondary N) is 2. The Bertz CT molecular complexity index is 639. The van der Waals surface area contributed by atoms with E-state index in [1.807, 2.05) is 18.3 Å². The summed E-state index contributed by atoms with van der Waals surface area (Å²) in [4.78, 5) is 0. The number of ether oxygens (including phenoxy) is 1. The number of rotatable bonds is 4. The van der Waals surface area contributed by atoms with Crippen molar-refractivity contribution in [2.24, 2.45) is 11.8 Å². The molecule has 0 fully saturated rings. The van der Waals surface area contributed by atoms with Gasteiger partial charge < -0.3 is 15.4 Å². The monoisotopic (exact) mass is 298 g/mol. The highest BCUT2D eigenvalue weighted by Gasteiger charge is 2.21. The lowest BCUT2D eigenvalue weighted by atomic mass is 9.96. The van der Waals surface area contributed by atoms with Crippen LogP contribution in [-0.4, -0.2) is 36.0 Å². The van der Waals surface area contributed by atoms with Crippen LogP contribution in [0.15, 0.2) is 36.5 Å². The van der Waals surface area contributed by atoms with Gasteiger partial charge in [-0.1, -0.05) is 18.2 Å². The van der Waals surface area contributed by atoms with Crippen LogP contribution in [0.3, 0.4) is 0 Å². The van der Waals surface area contributed by atoms with Crippen molar-refractivity contribution in [2.75, 3.05) is 31.6 Å². The number of aromatic nitrogens is 2. The smallest absolute Gasteiger partial charge is 0.124 e. The molecule has 0 spiro atoms. The molecule has 1 aromatic heterocycles. The first kappa shape index (κ1) is 13.6. The quantitative estimate of drug-likeness (QED) is 0.903. The fourth-order valence-electron chi connectivity index (χ4n) is 3.34. The maximum absolute atomic E-state index is 5.85. The molecule has 0 saturated heterocycles. The third-order valence-electron chi connectivity index (χ3n) is 4.54. The molecule has 2 atom stereocenters. The zero-order valence-electron chi connectivity index (χ0n) is 12.7. The Kier molecular flexibility index (Phi) is 3.72.